The monoisotopic (exact) mass is 321 g/mol. The van der Waals surface area contributed by atoms with Crippen LogP contribution in [-0.2, 0) is 4.74 Å². The Bertz CT molecular complexity index is 547. The maximum absolute atomic E-state index is 11.5. The maximum Gasteiger partial charge on any atom is 0.407 e. The first-order valence-electron chi connectivity index (χ1n) is 7.15. The van der Waals surface area contributed by atoms with Crippen LogP contribution in [0.1, 0.15) is 32.8 Å². The lowest BCUT2D eigenvalue weighted by molar-refractivity contribution is 0.0528. The Hall–Kier alpha value is -1.87. The molecule has 120 valence electrons. The Morgan fingerprint density at radius 3 is 2.68 bits per heavy atom. The van der Waals surface area contributed by atoms with E-state index < -0.39 is 11.7 Å². The fourth-order valence-corrected chi connectivity index (χ4v) is 2.35. The highest BCUT2D eigenvalue weighted by Gasteiger charge is 2.15. The van der Waals surface area contributed by atoms with E-state index in [4.69, 9.17) is 4.74 Å². The number of thioether (sulfide) groups is 1. The molecule has 2 N–H and O–H groups in total. The zero-order chi connectivity index (χ0) is 16.6. The molecule has 1 rings (SSSR count). The summed E-state index contributed by atoms with van der Waals surface area (Å²) in [6.07, 6.45) is 2.28. The van der Waals surface area contributed by atoms with Crippen molar-refractivity contribution in [3.8, 4) is 6.07 Å². The summed E-state index contributed by atoms with van der Waals surface area (Å²) in [5.74, 6) is 0. The summed E-state index contributed by atoms with van der Waals surface area (Å²) in [6.45, 7) is 6.68. The van der Waals surface area contributed by atoms with Crippen molar-refractivity contribution in [1.29, 1.82) is 5.26 Å². The predicted octanol–water partition coefficient (Wildman–Crippen LogP) is 3.61. The minimum absolute atomic E-state index is 0.408. The molecule has 0 bridgehead atoms. The second-order valence-corrected chi connectivity index (χ2v) is 6.55. The molecule has 0 fully saturated rings. The largest absolute Gasteiger partial charge is 0.444 e. The van der Waals surface area contributed by atoms with Crippen LogP contribution in [0.15, 0.2) is 23.1 Å². The van der Waals surface area contributed by atoms with Crippen LogP contribution in [-0.4, -0.2) is 31.0 Å². The molecule has 6 heteroatoms. The number of nitrogens with one attached hydrogen (secondary N) is 2. The number of amides is 1. The number of nitrogens with zero attached hydrogens (tertiary/aromatic N) is 1. The van der Waals surface area contributed by atoms with E-state index in [1.807, 2.05) is 45.2 Å². The van der Waals surface area contributed by atoms with Crippen LogP contribution in [0.25, 0.3) is 0 Å². The van der Waals surface area contributed by atoms with Gasteiger partial charge in [-0.1, -0.05) is 6.07 Å². The van der Waals surface area contributed by atoms with E-state index in [1.54, 1.807) is 11.8 Å². The zero-order valence-electron chi connectivity index (χ0n) is 13.5. The second-order valence-electron chi connectivity index (χ2n) is 5.70. The van der Waals surface area contributed by atoms with Crippen molar-refractivity contribution < 1.29 is 9.53 Å². The number of alkyl carbamates (subject to hydrolysis) is 1. The molecule has 0 aromatic heterocycles. The van der Waals surface area contributed by atoms with Crippen molar-refractivity contribution in [2.75, 3.05) is 24.7 Å². The van der Waals surface area contributed by atoms with E-state index in [0.717, 1.165) is 17.0 Å². The van der Waals surface area contributed by atoms with E-state index >= 15 is 0 Å². The maximum atomic E-state index is 11.5. The third kappa shape index (κ3) is 6.27. The van der Waals surface area contributed by atoms with Crippen LogP contribution in [0.4, 0.5) is 10.5 Å². The van der Waals surface area contributed by atoms with Gasteiger partial charge in [-0.05, 0) is 45.6 Å². The molecule has 0 unspecified atom stereocenters. The molecule has 0 saturated carbocycles. The summed E-state index contributed by atoms with van der Waals surface area (Å²) in [6, 6.07) is 7.97. The lowest BCUT2D eigenvalue weighted by atomic mass is 10.2. The molecule has 1 aromatic carbocycles. The summed E-state index contributed by atoms with van der Waals surface area (Å²) < 4.78 is 5.15. The third-order valence-corrected chi connectivity index (χ3v) is 3.48. The first-order valence-corrected chi connectivity index (χ1v) is 8.37. The van der Waals surface area contributed by atoms with Gasteiger partial charge in [-0.2, -0.15) is 5.26 Å². The predicted molar refractivity (Wildman–Crippen MR) is 90.3 cm³/mol. The Kier molecular flexibility index (Phi) is 7.06. The van der Waals surface area contributed by atoms with Gasteiger partial charge in [0.25, 0.3) is 0 Å². The number of ether oxygens (including phenoxy) is 1. The zero-order valence-corrected chi connectivity index (χ0v) is 14.3. The summed E-state index contributed by atoms with van der Waals surface area (Å²) in [7, 11) is 0. The third-order valence-electron chi connectivity index (χ3n) is 2.70. The van der Waals surface area contributed by atoms with Gasteiger partial charge in [0.05, 0.1) is 11.3 Å². The number of rotatable bonds is 6. The van der Waals surface area contributed by atoms with Gasteiger partial charge >= 0.3 is 6.09 Å². The second kappa shape index (κ2) is 8.54. The Balaban J connectivity index is 2.37. The van der Waals surface area contributed by atoms with Crippen molar-refractivity contribution in [3.05, 3.63) is 23.8 Å². The number of anilines is 1. The van der Waals surface area contributed by atoms with Gasteiger partial charge in [-0.15, -0.1) is 11.8 Å². The van der Waals surface area contributed by atoms with E-state index in [2.05, 4.69) is 16.7 Å². The summed E-state index contributed by atoms with van der Waals surface area (Å²) in [4.78, 5) is 12.4. The summed E-state index contributed by atoms with van der Waals surface area (Å²) in [5.41, 5.74) is 1.00. The molecule has 1 amide bonds. The number of hydrogen-bond donors (Lipinski definition) is 2. The average Bonchev–Trinajstić information content (AvgIpc) is 2.44. The molecule has 0 saturated heterocycles. The molecule has 0 aliphatic carbocycles. The Morgan fingerprint density at radius 1 is 1.36 bits per heavy atom. The van der Waals surface area contributed by atoms with E-state index in [1.165, 1.54) is 0 Å². The number of benzene rings is 1. The van der Waals surface area contributed by atoms with Crippen molar-refractivity contribution in [1.82, 2.24) is 5.32 Å². The summed E-state index contributed by atoms with van der Waals surface area (Å²) in [5, 5.41) is 15.2. The van der Waals surface area contributed by atoms with Crippen molar-refractivity contribution in [2.24, 2.45) is 0 Å². The molecule has 0 spiro atoms. The summed E-state index contributed by atoms with van der Waals surface area (Å²) >= 11 is 1.55. The number of carbonyl (C=O) groups is 1. The molecule has 0 aliphatic heterocycles. The van der Waals surface area contributed by atoms with Gasteiger partial charge in [-0.25, -0.2) is 4.79 Å². The fourth-order valence-electron chi connectivity index (χ4n) is 1.78. The van der Waals surface area contributed by atoms with Crippen molar-refractivity contribution in [2.45, 2.75) is 37.7 Å². The molecular weight excluding hydrogens is 298 g/mol. The molecule has 5 nitrogen and oxygen atoms in total. The highest BCUT2D eigenvalue weighted by atomic mass is 32.2. The van der Waals surface area contributed by atoms with Crippen LogP contribution in [0.3, 0.4) is 0 Å². The molecule has 0 radical (unpaired) electrons. The number of nitriles is 1. The van der Waals surface area contributed by atoms with Gasteiger partial charge in [0.2, 0.25) is 0 Å². The van der Waals surface area contributed by atoms with Crippen molar-refractivity contribution in [3.63, 3.8) is 0 Å². The molecule has 22 heavy (non-hydrogen) atoms. The van der Waals surface area contributed by atoms with Crippen LogP contribution in [0.2, 0.25) is 0 Å². The quantitative estimate of drug-likeness (QED) is 0.618. The first kappa shape index (κ1) is 18.2. The smallest absolute Gasteiger partial charge is 0.407 e. The van der Waals surface area contributed by atoms with Gasteiger partial charge in [0.1, 0.15) is 11.7 Å². The van der Waals surface area contributed by atoms with Crippen LogP contribution in [0.5, 0.6) is 0 Å². The minimum Gasteiger partial charge on any atom is -0.444 e. The molecule has 1 aromatic rings. The highest BCUT2D eigenvalue weighted by molar-refractivity contribution is 7.98. The van der Waals surface area contributed by atoms with Gasteiger partial charge in [0.15, 0.2) is 0 Å². The normalized spacial score (nSPS) is 10.7. The Morgan fingerprint density at radius 2 is 2.09 bits per heavy atom. The van der Waals surface area contributed by atoms with E-state index in [9.17, 15) is 10.1 Å². The van der Waals surface area contributed by atoms with E-state index in [-0.39, 0.29) is 0 Å². The standard InChI is InChI=1S/C16H23N3O2S/c1-16(2,3)21-15(20)19-10-6-9-18-13-7-5-8-14(22-4)12(13)11-17/h5,7-8,18H,6,9-10H2,1-4H3,(H,19,20). The van der Waals surface area contributed by atoms with Crippen LogP contribution < -0.4 is 10.6 Å². The molecular formula is C16H23N3O2S. The number of carbonyl (C=O) groups excluding carboxylic acids is 1. The Labute approximate surface area is 136 Å². The van der Waals surface area contributed by atoms with Gasteiger partial charge in [0, 0.05) is 18.0 Å². The van der Waals surface area contributed by atoms with Crippen LogP contribution >= 0.6 is 11.8 Å². The topological polar surface area (TPSA) is 74.2 Å². The average molecular weight is 321 g/mol. The minimum atomic E-state index is -0.484. The molecule has 0 atom stereocenters. The highest BCUT2D eigenvalue weighted by Crippen LogP contribution is 2.26. The first-order chi connectivity index (χ1) is 10.4. The molecule has 0 heterocycles. The van der Waals surface area contributed by atoms with Gasteiger partial charge in [-0.3, -0.25) is 0 Å². The fraction of sp³-hybridized carbons (Fsp3) is 0.500. The SMILES string of the molecule is CSc1cccc(NCCCNC(=O)OC(C)(C)C)c1C#N. The molecule has 0 aliphatic rings. The van der Waals surface area contributed by atoms with E-state index in [0.29, 0.717) is 18.7 Å². The van der Waals surface area contributed by atoms with Crippen LogP contribution in [0, 0.1) is 11.3 Å². The van der Waals surface area contributed by atoms with Gasteiger partial charge < -0.3 is 15.4 Å². The lowest BCUT2D eigenvalue weighted by Gasteiger charge is -2.19. The lowest BCUT2D eigenvalue weighted by Crippen LogP contribution is -2.33. The number of hydrogen-bond acceptors (Lipinski definition) is 5. The van der Waals surface area contributed by atoms with Crippen molar-refractivity contribution >= 4 is 23.5 Å².